The molecule has 0 saturated carbocycles. The Morgan fingerprint density at radius 1 is 1.29 bits per heavy atom. The first-order valence-electron chi connectivity index (χ1n) is 5.62. The van der Waals surface area contributed by atoms with Gasteiger partial charge < -0.3 is 14.8 Å². The molecule has 1 aromatic rings. The summed E-state index contributed by atoms with van der Waals surface area (Å²) >= 11 is 6.16. The number of β-lactam (4-membered cyclic amide) rings is 1. The summed E-state index contributed by atoms with van der Waals surface area (Å²) in [7, 11) is 0. The average Bonchev–Trinajstić information content (AvgIpc) is 2.50. The standard InChI is InChI=1S/C12H12ClNO3/c13-8-4-7(9-6-11(15)14-9)5-10-12(8)17-3-1-2-16-10/h4-5,9H,1-3,6H2,(H,14,15). The predicted molar refractivity (Wildman–Crippen MR) is 62.6 cm³/mol. The van der Waals surface area contributed by atoms with Gasteiger partial charge in [0.1, 0.15) is 0 Å². The molecule has 0 spiro atoms. The van der Waals surface area contributed by atoms with Crippen LogP contribution in [0.15, 0.2) is 12.1 Å². The van der Waals surface area contributed by atoms with Gasteiger partial charge in [0.25, 0.3) is 0 Å². The number of halogens is 1. The SMILES string of the molecule is O=C1CC(c2cc(Cl)c3c(c2)OCCCO3)N1. The van der Waals surface area contributed by atoms with Crippen molar-refractivity contribution in [3.8, 4) is 11.5 Å². The van der Waals surface area contributed by atoms with E-state index in [1.54, 1.807) is 0 Å². The molecule has 1 N–H and O–H groups in total. The lowest BCUT2D eigenvalue weighted by Crippen LogP contribution is -2.41. The lowest BCUT2D eigenvalue weighted by atomic mass is 9.97. The summed E-state index contributed by atoms with van der Waals surface area (Å²) in [4.78, 5) is 10.9. The molecule has 3 rings (SSSR count). The Morgan fingerprint density at radius 3 is 2.82 bits per heavy atom. The highest BCUT2D eigenvalue weighted by Crippen LogP contribution is 2.40. The van der Waals surface area contributed by atoms with Gasteiger partial charge in [-0.2, -0.15) is 0 Å². The molecule has 0 radical (unpaired) electrons. The van der Waals surface area contributed by atoms with Crippen LogP contribution < -0.4 is 14.8 Å². The van der Waals surface area contributed by atoms with Crippen LogP contribution in [0.1, 0.15) is 24.4 Å². The largest absolute Gasteiger partial charge is 0.489 e. The van der Waals surface area contributed by atoms with Crippen molar-refractivity contribution >= 4 is 17.5 Å². The normalized spacial score (nSPS) is 22.4. The number of benzene rings is 1. The van der Waals surface area contributed by atoms with E-state index in [1.807, 2.05) is 12.1 Å². The number of rotatable bonds is 1. The first-order chi connectivity index (χ1) is 8.24. The quantitative estimate of drug-likeness (QED) is 0.780. The fourth-order valence-electron chi connectivity index (χ4n) is 2.01. The Morgan fingerprint density at radius 2 is 2.06 bits per heavy atom. The van der Waals surface area contributed by atoms with E-state index in [0.717, 1.165) is 12.0 Å². The minimum atomic E-state index is 0.0529. The minimum absolute atomic E-state index is 0.0529. The minimum Gasteiger partial charge on any atom is -0.489 e. The number of hydrogen-bond acceptors (Lipinski definition) is 3. The van der Waals surface area contributed by atoms with Crippen LogP contribution in [0.5, 0.6) is 11.5 Å². The van der Waals surface area contributed by atoms with Gasteiger partial charge in [-0.05, 0) is 17.7 Å². The monoisotopic (exact) mass is 253 g/mol. The third-order valence-electron chi connectivity index (χ3n) is 2.95. The van der Waals surface area contributed by atoms with Gasteiger partial charge in [-0.1, -0.05) is 11.6 Å². The molecular formula is C12H12ClNO3. The third-order valence-corrected chi connectivity index (χ3v) is 3.23. The average molecular weight is 254 g/mol. The molecular weight excluding hydrogens is 242 g/mol. The molecule has 1 unspecified atom stereocenters. The van der Waals surface area contributed by atoms with Gasteiger partial charge in [0.05, 0.1) is 30.7 Å². The summed E-state index contributed by atoms with van der Waals surface area (Å²) in [6, 6.07) is 3.78. The summed E-state index contributed by atoms with van der Waals surface area (Å²) < 4.78 is 11.1. The zero-order valence-corrected chi connectivity index (χ0v) is 9.92. The lowest BCUT2D eigenvalue weighted by Gasteiger charge is -2.28. The third kappa shape index (κ3) is 1.93. The number of amides is 1. The zero-order valence-electron chi connectivity index (χ0n) is 9.16. The molecule has 1 amide bonds. The Bertz CT molecular complexity index is 467. The fraction of sp³-hybridized carbons (Fsp3) is 0.417. The topological polar surface area (TPSA) is 47.6 Å². The molecule has 1 atom stereocenters. The first kappa shape index (κ1) is 10.7. The van der Waals surface area contributed by atoms with E-state index in [4.69, 9.17) is 21.1 Å². The van der Waals surface area contributed by atoms with Crippen LogP contribution in [0.2, 0.25) is 5.02 Å². The molecule has 0 bridgehead atoms. The molecule has 2 aliphatic heterocycles. The molecule has 1 fully saturated rings. The molecule has 90 valence electrons. The van der Waals surface area contributed by atoms with Crippen LogP contribution in [0, 0.1) is 0 Å². The van der Waals surface area contributed by atoms with E-state index in [2.05, 4.69) is 5.32 Å². The zero-order chi connectivity index (χ0) is 11.8. The molecule has 17 heavy (non-hydrogen) atoms. The molecule has 5 heteroatoms. The van der Waals surface area contributed by atoms with E-state index < -0.39 is 0 Å². The van der Waals surface area contributed by atoms with Gasteiger partial charge in [-0.25, -0.2) is 0 Å². The van der Waals surface area contributed by atoms with Crippen molar-refractivity contribution in [1.29, 1.82) is 0 Å². The van der Waals surface area contributed by atoms with Crippen LogP contribution in [0.3, 0.4) is 0 Å². The maximum absolute atomic E-state index is 10.9. The molecule has 0 aliphatic carbocycles. The van der Waals surface area contributed by atoms with E-state index in [1.165, 1.54) is 0 Å². The number of hydrogen-bond donors (Lipinski definition) is 1. The molecule has 4 nitrogen and oxygen atoms in total. The van der Waals surface area contributed by atoms with E-state index in [-0.39, 0.29) is 11.9 Å². The lowest BCUT2D eigenvalue weighted by molar-refractivity contribution is -0.128. The van der Waals surface area contributed by atoms with E-state index in [0.29, 0.717) is 36.2 Å². The maximum atomic E-state index is 10.9. The van der Waals surface area contributed by atoms with Crippen LogP contribution >= 0.6 is 11.6 Å². The number of carbonyl (C=O) groups is 1. The van der Waals surface area contributed by atoms with Gasteiger partial charge in [0.15, 0.2) is 11.5 Å². The summed E-state index contributed by atoms with van der Waals surface area (Å²) in [5.74, 6) is 1.35. The van der Waals surface area contributed by atoms with Crippen LogP contribution in [0.25, 0.3) is 0 Å². The molecule has 2 aliphatic rings. The molecule has 0 aromatic heterocycles. The second kappa shape index (κ2) is 4.11. The van der Waals surface area contributed by atoms with Crippen LogP contribution in [0.4, 0.5) is 0 Å². The Hall–Kier alpha value is -1.42. The highest BCUT2D eigenvalue weighted by atomic mass is 35.5. The van der Waals surface area contributed by atoms with Crippen molar-refractivity contribution in [3.63, 3.8) is 0 Å². The van der Waals surface area contributed by atoms with Crippen molar-refractivity contribution in [2.75, 3.05) is 13.2 Å². The molecule has 2 heterocycles. The molecule has 1 aromatic carbocycles. The predicted octanol–water partition coefficient (Wildman–Crippen LogP) is 2.06. The van der Waals surface area contributed by atoms with Crippen molar-refractivity contribution in [1.82, 2.24) is 5.32 Å². The van der Waals surface area contributed by atoms with Crippen molar-refractivity contribution < 1.29 is 14.3 Å². The van der Waals surface area contributed by atoms with Gasteiger partial charge in [-0.15, -0.1) is 0 Å². The first-order valence-corrected chi connectivity index (χ1v) is 6.00. The summed E-state index contributed by atoms with van der Waals surface area (Å²) in [6.07, 6.45) is 1.36. The van der Waals surface area contributed by atoms with Gasteiger partial charge in [0.2, 0.25) is 5.91 Å². The highest BCUT2D eigenvalue weighted by molar-refractivity contribution is 6.32. The smallest absolute Gasteiger partial charge is 0.222 e. The second-order valence-corrected chi connectivity index (χ2v) is 4.61. The maximum Gasteiger partial charge on any atom is 0.222 e. The highest BCUT2D eigenvalue weighted by Gasteiger charge is 2.28. The van der Waals surface area contributed by atoms with Crippen LogP contribution in [-0.4, -0.2) is 19.1 Å². The van der Waals surface area contributed by atoms with Crippen molar-refractivity contribution in [2.45, 2.75) is 18.9 Å². The second-order valence-electron chi connectivity index (χ2n) is 4.20. The van der Waals surface area contributed by atoms with E-state index >= 15 is 0 Å². The van der Waals surface area contributed by atoms with Crippen molar-refractivity contribution in [3.05, 3.63) is 22.7 Å². The Labute approximate surface area is 104 Å². The van der Waals surface area contributed by atoms with Crippen LogP contribution in [-0.2, 0) is 4.79 Å². The summed E-state index contributed by atoms with van der Waals surface area (Å²) in [6.45, 7) is 1.25. The Kier molecular flexibility index (Phi) is 2.59. The van der Waals surface area contributed by atoms with Gasteiger partial charge >= 0.3 is 0 Å². The van der Waals surface area contributed by atoms with Gasteiger partial charge in [0, 0.05) is 6.42 Å². The number of carbonyl (C=O) groups excluding carboxylic acids is 1. The summed E-state index contributed by atoms with van der Waals surface area (Å²) in [5.41, 5.74) is 0.971. The Balaban J connectivity index is 1.94. The number of nitrogens with one attached hydrogen (secondary N) is 1. The van der Waals surface area contributed by atoms with E-state index in [9.17, 15) is 4.79 Å². The number of ether oxygens (including phenoxy) is 2. The molecule has 1 saturated heterocycles. The number of fused-ring (bicyclic) bond motifs is 1. The summed E-state index contributed by atoms with van der Waals surface area (Å²) in [5, 5.41) is 3.36. The van der Waals surface area contributed by atoms with Crippen molar-refractivity contribution in [2.24, 2.45) is 0 Å². The van der Waals surface area contributed by atoms with Gasteiger partial charge in [-0.3, -0.25) is 4.79 Å². The fourth-order valence-corrected chi connectivity index (χ4v) is 2.29.